The number of halogens is 2. The van der Waals surface area contributed by atoms with E-state index in [-0.39, 0.29) is 5.91 Å². The average molecular weight is 484 g/mol. The maximum Gasteiger partial charge on any atom is 0.252 e. The third-order valence-electron chi connectivity index (χ3n) is 3.12. The molecule has 0 aliphatic rings. The van der Waals surface area contributed by atoms with Crippen molar-refractivity contribution in [1.29, 1.82) is 0 Å². The van der Waals surface area contributed by atoms with Crippen molar-refractivity contribution in [2.75, 3.05) is 0 Å². The highest BCUT2D eigenvalue weighted by molar-refractivity contribution is 14.1. The SMILES string of the molecule is O=C(NCc1cccnc1-n1cncn1)c1cc(Br)ccc1I. The fourth-order valence-corrected chi connectivity index (χ4v) is 2.98. The Balaban J connectivity index is 1.79. The number of amides is 1. The molecule has 0 fully saturated rings. The first-order valence-corrected chi connectivity index (χ1v) is 8.54. The number of hydrogen-bond acceptors (Lipinski definition) is 4. The van der Waals surface area contributed by atoms with Crippen molar-refractivity contribution in [3.63, 3.8) is 0 Å². The summed E-state index contributed by atoms with van der Waals surface area (Å²) < 4.78 is 3.34. The molecule has 23 heavy (non-hydrogen) atoms. The predicted octanol–water partition coefficient (Wildman–Crippen LogP) is 2.96. The zero-order chi connectivity index (χ0) is 16.2. The molecule has 6 nitrogen and oxygen atoms in total. The lowest BCUT2D eigenvalue weighted by molar-refractivity contribution is 0.0950. The van der Waals surface area contributed by atoms with Crippen LogP contribution in [0.25, 0.3) is 5.82 Å². The zero-order valence-corrected chi connectivity index (χ0v) is 15.5. The zero-order valence-electron chi connectivity index (χ0n) is 11.8. The predicted molar refractivity (Wildman–Crippen MR) is 97.2 cm³/mol. The third kappa shape index (κ3) is 3.75. The molecule has 0 spiro atoms. The summed E-state index contributed by atoms with van der Waals surface area (Å²) in [5.41, 5.74) is 1.49. The Hall–Kier alpha value is -1.81. The molecule has 0 saturated carbocycles. The van der Waals surface area contributed by atoms with Crippen LogP contribution in [-0.2, 0) is 6.54 Å². The van der Waals surface area contributed by atoms with Gasteiger partial charge in [0, 0.05) is 26.3 Å². The largest absolute Gasteiger partial charge is 0.348 e. The second-order valence-electron chi connectivity index (χ2n) is 4.63. The van der Waals surface area contributed by atoms with Crippen LogP contribution in [0, 0.1) is 3.57 Å². The number of aromatic nitrogens is 4. The molecule has 2 heterocycles. The number of carbonyl (C=O) groups excluding carboxylic acids is 1. The summed E-state index contributed by atoms with van der Waals surface area (Å²) in [6.45, 7) is 0.352. The quantitative estimate of drug-likeness (QED) is 0.579. The van der Waals surface area contributed by atoms with Crippen LogP contribution in [0.2, 0.25) is 0 Å². The van der Waals surface area contributed by atoms with E-state index < -0.39 is 0 Å². The van der Waals surface area contributed by atoms with Crippen LogP contribution in [0.3, 0.4) is 0 Å². The second kappa shape index (κ2) is 7.18. The summed E-state index contributed by atoms with van der Waals surface area (Å²) in [5, 5.41) is 7.00. The van der Waals surface area contributed by atoms with E-state index in [2.05, 4.69) is 58.9 Å². The van der Waals surface area contributed by atoms with Crippen molar-refractivity contribution in [2.45, 2.75) is 6.54 Å². The molecule has 3 rings (SSSR count). The van der Waals surface area contributed by atoms with Gasteiger partial charge in [-0.25, -0.2) is 14.6 Å². The highest BCUT2D eigenvalue weighted by Gasteiger charge is 2.12. The van der Waals surface area contributed by atoms with Crippen LogP contribution < -0.4 is 5.32 Å². The summed E-state index contributed by atoms with van der Waals surface area (Å²) in [6.07, 6.45) is 4.70. The van der Waals surface area contributed by atoms with Gasteiger partial charge >= 0.3 is 0 Å². The van der Waals surface area contributed by atoms with Crippen LogP contribution >= 0.6 is 38.5 Å². The van der Waals surface area contributed by atoms with E-state index in [0.29, 0.717) is 17.9 Å². The second-order valence-corrected chi connectivity index (χ2v) is 6.71. The van der Waals surface area contributed by atoms with E-state index in [4.69, 9.17) is 0 Å². The van der Waals surface area contributed by atoms with Gasteiger partial charge in [0.1, 0.15) is 12.7 Å². The molecule has 1 aromatic carbocycles. The van der Waals surface area contributed by atoms with Crippen molar-refractivity contribution in [3.8, 4) is 5.82 Å². The summed E-state index contributed by atoms with van der Waals surface area (Å²) in [4.78, 5) is 20.6. The molecule has 8 heteroatoms. The first-order valence-electron chi connectivity index (χ1n) is 6.67. The Bertz CT molecular complexity index is 838. The van der Waals surface area contributed by atoms with E-state index >= 15 is 0 Å². The maximum absolute atomic E-state index is 12.4. The number of nitrogens with zero attached hydrogens (tertiary/aromatic N) is 4. The summed E-state index contributed by atoms with van der Waals surface area (Å²) in [7, 11) is 0. The Kier molecular flexibility index (Phi) is 5.01. The van der Waals surface area contributed by atoms with Crippen LogP contribution in [0.15, 0.2) is 53.7 Å². The summed E-state index contributed by atoms with van der Waals surface area (Å²) in [6, 6.07) is 9.33. The van der Waals surface area contributed by atoms with Crippen LogP contribution in [-0.4, -0.2) is 25.7 Å². The fraction of sp³-hybridized carbons (Fsp3) is 0.0667. The van der Waals surface area contributed by atoms with Gasteiger partial charge in [0.25, 0.3) is 5.91 Å². The van der Waals surface area contributed by atoms with Crippen molar-refractivity contribution in [1.82, 2.24) is 25.1 Å². The number of carbonyl (C=O) groups is 1. The molecule has 2 aromatic heterocycles. The van der Waals surface area contributed by atoms with Crippen LogP contribution in [0.1, 0.15) is 15.9 Å². The molecule has 0 bridgehead atoms. The normalized spacial score (nSPS) is 10.5. The molecule has 1 amide bonds. The van der Waals surface area contributed by atoms with Gasteiger partial charge in [-0.15, -0.1) is 0 Å². The van der Waals surface area contributed by atoms with Gasteiger partial charge in [-0.05, 0) is 46.9 Å². The fourth-order valence-electron chi connectivity index (χ4n) is 2.03. The molecule has 0 saturated heterocycles. The van der Waals surface area contributed by atoms with Crippen molar-refractivity contribution >= 4 is 44.4 Å². The lowest BCUT2D eigenvalue weighted by Crippen LogP contribution is -2.24. The maximum atomic E-state index is 12.4. The molecule has 116 valence electrons. The highest BCUT2D eigenvalue weighted by Crippen LogP contribution is 2.18. The molecular weight excluding hydrogens is 473 g/mol. The highest BCUT2D eigenvalue weighted by atomic mass is 127. The van der Waals surface area contributed by atoms with Gasteiger partial charge in [0.15, 0.2) is 5.82 Å². The lowest BCUT2D eigenvalue weighted by atomic mass is 10.2. The van der Waals surface area contributed by atoms with Crippen LogP contribution in [0.5, 0.6) is 0 Å². The van der Waals surface area contributed by atoms with Gasteiger partial charge in [-0.2, -0.15) is 5.10 Å². The van der Waals surface area contributed by atoms with E-state index in [9.17, 15) is 4.79 Å². The molecule has 1 N–H and O–H groups in total. The number of benzene rings is 1. The smallest absolute Gasteiger partial charge is 0.252 e. The minimum absolute atomic E-state index is 0.135. The lowest BCUT2D eigenvalue weighted by Gasteiger charge is -2.10. The molecule has 0 aliphatic carbocycles. The summed E-state index contributed by atoms with van der Waals surface area (Å²) >= 11 is 5.53. The average Bonchev–Trinajstić information content (AvgIpc) is 3.09. The topological polar surface area (TPSA) is 72.7 Å². The van der Waals surface area contributed by atoms with E-state index in [0.717, 1.165) is 13.6 Å². The Morgan fingerprint density at radius 2 is 2.22 bits per heavy atom. The molecule has 0 aliphatic heterocycles. The monoisotopic (exact) mass is 483 g/mol. The van der Waals surface area contributed by atoms with Gasteiger partial charge in [0.2, 0.25) is 0 Å². The molecule has 0 unspecified atom stereocenters. The minimum atomic E-state index is -0.135. The van der Waals surface area contributed by atoms with Gasteiger partial charge in [-0.3, -0.25) is 4.79 Å². The van der Waals surface area contributed by atoms with Crippen molar-refractivity contribution < 1.29 is 4.79 Å². The van der Waals surface area contributed by atoms with Gasteiger partial charge in [0.05, 0.1) is 5.56 Å². The number of pyridine rings is 1. The van der Waals surface area contributed by atoms with E-state index in [1.54, 1.807) is 23.3 Å². The van der Waals surface area contributed by atoms with Crippen molar-refractivity contribution in [3.05, 3.63) is 68.4 Å². The number of hydrogen-bond donors (Lipinski definition) is 1. The van der Waals surface area contributed by atoms with Crippen LogP contribution in [0.4, 0.5) is 0 Å². The first-order chi connectivity index (χ1) is 11.1. The van der Waals surface area contributed by atoms with E-state index in [1.807, 2.05) is 24.3 Å². The summed E-state index contributed by atoms with van der Waals surface area (Å²) in [5.74, 6) is 0.512. The Labute approximate surface area is 154 Å². The Morgan fingerprint density at radius 1 is 1.35 bits per heavy atom. The first kappa shape index (κ1) is 16.1. The third-order valence-corrected chi connectivity index (χ3v) is 4.55. The number of rotatable bonds is 4. The van der Waals surface area contributed by atoms with E-state index in [1.165, 1.54) is 6.33 Å². The minimum Gasteiger partial charge on any atom is -0.348 e. The molecule has 0 radical (unpaired) electrons. The molecule has 0 atom stereocenters. The Morgan fingerprint density at radius 3 is 3.00 bits per heavy atom. The standard InChI is InChI=1S/C15H11BrIN5O/c16-11-3-4-13(17)12(6-11)15(23)20-7-10-2-1-5-19-14(10)22-9-18-8-21-22/h1-6,8-9H,7H2,(H,20,23). The number of nitrogens with one attached hydrogen (secondary N) is 1. The molecular formula is C15H11BrIN5O. The van der Waals surface area contributed by atoms with Gasteiger partial charge < -0.3 is 5.32 Å². The molecule has 3 aromatic rings. The van der Waals surface area contributed by atoms with Crippen molar-refractivity contribution in [2.24, 2.45) is 0 Å². The van der Waals surface area contributed by atoms with Gasteiger partial charge in [-0.1, -0.05) is 22.0 Å².